The molecule has 1 aromatic carbocycles. The molecule has 2 nitrogen and oxygen atoms in total. The zero-order valence-corrected chi connectivity index (χ0v) is 11.2. The Hall–Kier alpha value is -0.860. The average molecular weight is 232 g/mol. The number of piperazine rings is 1. The van der Waals surface area contributed by atoms with Gasteiger partial charge in [-0.15, -0.1) is 0 Å². The number of hydrogen-bond acceptors (Lipinski definition) is 2. The molecule has 0 saturated carbocycles. The zero-order chi connectivity index (χ0) is 12.3. The summed E-state index contributed by atoms with van der Waals surface area (Å²) in [5.74, 6) is 0.768. The maximum Gasteiger partial charge on any atom is 0.0449 e. The number of hydrogen-bond donors (Lipinski definition) is 1. The average Bonchev–Trinajstić information content (AvgIpc) is 2.39. The molecule has 0 aromatic heterocycles. The van der Waals surface area contributed by atoms with Crippen molar-refractivity contribution in [3.63, 3.8) is 0 Å². The fourth-order valence-electron chi connectivity index (χ4n) is 2.72. The molecular formula is C15H24N2. The van der Waals surface area contributed by atoms with E-state index in [-0.39, 0.29) is 0 Å². The van der Waals surface area contributed by atoms with Crippen LogP contribution < -0.4 is 5.32 Å². The second-order valence-corrected chi connectivity index (χ2v) is 5.26. The van der Waals surface area contributed by atoms with Gasteiger partial charge in [0.15, 0.2) is 0 Å². The van der Waals surface area contributed by atoms with Crippen molar-refractivity contribution in [2.45, 2.75) is 32.4 Å². The molecule has 0 bridgehead atoms. The van der Waals surface area contributed by atoms with Crippen LogP contribution >= 0.6 is 0 Å². The predicted octanol–water partition coefficient (Wildman–Crippen LogP) is 2.68. The van der Waals surface area contributed by atoms with Crippen molar-refractivity contribution in [3.8, 4) is 0 Å². The van der Waals surface area contributed by atoms with E-state index in [1.807, 2.05) is 0 Å². The van der Waals surface area contributed by atoms with E-state index in [2.05, 4.69) is 61.4 Å². The number of rotatable bonds is 3. The van der Waals surface area contributed by atoms with Crippen LogP contribution in [0.1, 0.15) is 31.9 Å². The molecule has 0 radical (unpaired) electrons. The Kier molecular flexibility index (Phi) is 4.19. The van der Waals surface area contributed by atoms with Gasteiger partial charge in [0.2, 0.25) is 0 Å². The van der Waals surface area contributed by atoms with Gasteiger partial charge in [0.25, 0.3) is 0 Å². The van der Waals surface area contributed by atoms with Crippen molar-refractivity contribution in [1.29, 1.82) is 0 Å². The van der Waals surface area contributed by atoms with Crippen LogP contribution in [0.25, 0.3) is 0 Å². The maximum absolute atomic E-state index is 3.69. The summed E-state index contributed by atoms with van der Waals surface area (Å²) in [7, 11) is 2.26. The molecule has 3 atom stereocenters. The standard InChI is InChI=1S/C15H24N2/c1-4-12(2)15-10-16-14(11-17(15)3)13-8-6-5-7-9-13/h5-9,12,14-16H,4,10-11H2,1-3H3. The number of likely N-dealkylation sites (N-methyl/N-ethyl adjacent to an activating group) is 1. The second-order valence-electron chi connectivity index (χ2n) is 5.26. The number of nitrogens with one attached hydrogen (secondary N) is 1. The van der Waals surface area contributed by atoms with Gasteiger partial charge in [0.05, 0.1) is 0 Å². The first kappa shape index (κ1) is 12.6. The Balaban J connectivity index is 2.00. The molecule has 2 rings (SSSR count). The number of benzene rings is 1. The summed E-state index contributed by atoms with van der Waals surface area (Å²) in [6.45, 7) is 6.84. The third kappa shape index (κ3) is 2.88. The minimum Gasteiger partial charge on any atom is -0.307 e. The van der Waals surface area contributed by atoms with Crippen LogP contribution in [-0.2, 0) is 0 Å². The molecule has 1 fully saturated rings. The molecule has 17 heavy (non-hydrogen) atoms. The predicted molar refractivity (Wildman–Crippen MR) is 73.1 cm³/mol. The van der Waals surface area contributed by atoms with Gasteiger partial charge < -0.3 is 5.32 Å². The quantitative estimate of drug-likeness (QED) is 0.862. The van der Waals surface area contributed by atoms with Gasteiger partial charge in [-0.3, -0.25) is 4.90 Å². The van der Waals surface area contributed by atoms with Crippen LogP contribution in [0.4, 0.5) is 0 Å². The van der Waals surface area contributed by atoms with Crippen molar-refractivity contribution in [1.82, 2.24) is 10.2 Å². The molecule has 0 amide bonds. The smallest absolute Gasteiger partial charge is 0.0449 e. The van der Waals surface area contributed by atoms with E-state index in [1.54, 1.807) is 0 Å². The van der Waals surface area contributed by atoms with E-state index in [4.69, 9.17) is 0 Å². The summed E-state index contributed by atoms with van der Waals surface area (Å²) < 4.78 is 0. The minimum atomic E-state index is 0.488. The summed E-state index contributed by atoms with van der Waals surface area (Å²) in [6.07, 6.45) is 1.26. The summed E-state index contributed by atoms with van der Waals surface area (Å²) in [5.41, 5.74) is 1.40. The lowest BCUT2D eigenvalue weighted by Crippen LogP contribution is -2.53. The van der Waals surface area contributed by atoms with Crippen LogP contribution in [0.15, 0.2) is 30.3 Å². The van der Waals surface area contributed by atoms with Crippen molar-refractivity contribution < 1.29 is 0 Å². The Morgan fingerprint density at radius 2 is 2.06 bits per heavy atom. The molecule has 1 aliphatic heterocycles. The molecule has 3 unspecified atom stereocenters. The van der Waals surface area contributed by atoms with E-state index in [0.717, 1.165) is 19.0 Å². The van der Waals surface area contributed by atoms with E-state index >= 15 is 0 Å². The Labute approximate surface area is 105 Å². The molecule has 1 aliphatic rings. The largest absolute Gasteiger partial charge is 0.307 e. The fraction of sp³-hybridized carbons (Fsp3) is 0.600. The molecule has 1 saturated heterocycles. The van der Waals surface area contributed by atoms with Gasteiger partial charge in [-0.05, 0) is 18.5 Å². The highest BCUT2D eigenvalue weighted by Crippen LogP contribution is 2.23. The van der Waals surface area contributed by atoms with Gasteiger partial charge in [0, 0.05) is 25.2 Å². The second kappa shape index (κ2) is 5.65. The third-order valence-electron chi connectivity index (χ3n) is 4.11. The molecule has 1 heterocycles. The first-order valence-corrected chi connectivity index (χ1v) is 6.71. The maximum atomic E-state index is 3.69. The van der Waals surface area contributed by atoms with E-state index in [1.165, 1.54) is 12.0 Å². The van der Waals surface area contributed by atoms with E-state index in [0.29, 0.717) is 12.1 Å². The van der Waals surface area contributed by atoms with Gasteiger partial charge in [-0.1, -0.05) is 50.6 Å². The summed E-state index contributed by atoms with van der Waals surface area (Å²) in [5, 5.41) is 3.69. The molecule has 1 aromatic rings. The van der Waals surface area contributed by atoms with Crippen molar-refractivity contribution >= 4 is 0 Å². The highest BCUT2D eigenvalue weighted by Gasteiger charge is 2.28. The van der Waals surface area contributed by atoms with Crippen LogP contribution in [0, 0.1) is 5.92 Å². The van der Waals surface area contributed by atoms with Crippen molar-refractivity contribution in [2.24, 2.45) is 5.92 Å². The third-order valence-corrected chi connectivity index (χ3v) is 4.11. The summed E-state index contributed by atoms with van der Waals surface area (Å²) >= 11 is 0. The Bertz CT molecular complexity index is 336. The Morgan fingerprint density at radius 3 is 2.65 bits per heavy atom. The van der Waals surface area contributed by atoms with Crippen LogP contribution in [0.3, 0.4) is 0 Å². The molecular weight excluding hydrogens is 208 g/mol. The molecule has 1 N–H and O–H groups in total. The SMILES string of the molecule is CCC(C)C1CNC(c2ccccc2)CN1C. The van der Waals surface area contributed by atoms with E-state index < -0.39 is 0 Å². The first-order valence-electron chi connectivity index (χ1n) is 6.71. The lowest BCUT2D eigenvalue weighted by Gasteiger charge is -2.41. The lowest BCUT2D eigenvalue weighted by molar-refractivity contribution is 0.119. The topological polar surface area (TPSA) is 15.3 Å². The summed E-state index contributed by atoms with van der Waals surface area (Å²) in [6, 6.07) is 11.9. The first-order chi connectivity index (χ1) is 8.22. The molecule has 0 aliphatic carbocycles. The Morgan fingerprint density at radius 1 is 1.35 bits per heavy atom. The normalized spacial score (nSPS) is 27.9. The summed E-state index contributed by atoms with van der Waals surface area (Å²) in [4.78, 5) is 2.52. The lowest BCUT2D eigenvalue weighted by atomic mass is 9.93. The van der Waals surface area contributed by atoms with Gasteiger partial charge in [0.1, 0.15) is 0 Å². The monoisotopic (exact) mass is 232 g/mol. The van der Waals surface area contributed by atoms with Gasteiger partial charge >= 0.3 is 0 Å². The van der Waals surface area contributed by atoms with Crippen LogP contribution in [0.2, 0.25) is 0 Å². The molecule has 2 heteroatoms. The molecule has 94 valence electrons. The van der Waals surface area contributed by atoms with Crippen LogP contribution in [0.5, 0.6) is 0 Å². The zero-order valence-electron chi connectivity index (χ0n) is 11.2. The van der Waals surface area contributed by atoms with Crippen molar-refractivity contribution in [3.05, 3.63) is 35.9 Å². The van der Waals surface area contributed by atoms with Gasteiger partial charge in [-0.2, -0.15) is 0 Å². The van der Waals surface area contributed by atoms with Crippen LogP contribution in [-0.4, -0.2) is 31.1 Å². The minimum absolute atomic E-state index is 0.488. The van der Waals surface area contributed by atoms with Gasteiger partial charge in [-0.25, -0.2) is 0 Å². The molecule has 0 spiro atoms. The number of nitrogens with zero attached hydrogens (tertiary/aromatic N) is 1. The fourth-order valence-corrected chi connectivity index (χ4v) is 2.72. The van der Waals surface area contributed by atoms with Crippen molar-refractivity contribution in [2.75, 3.05) is 20.1 Å². The van der Waals surface area contributed by atoms with E-state index in [9.17, 15) is 0 Å². The highest BCUT2D eigenvalue weighted by atomic mass is 15.2. The highest BCUT2D eigenvalue weighted by molar-refractivity contribution is 5.20.